The molecule has 0 bridgehead atoms. The fraction of sp³-hybridized carbons (Fsp3) is 0.111. The average Bonchev–Trinajstić information content (AvgIpc) is 2.18. The van der Waals surface area contributed by atoms with E-state index in [1.807, 2.05) is 0 Å². The van der Waals surface area contributed by atoms with Gasteiger partial charge in [0, 0.05) is 16.8 Å². The first-order valence-electron chi connectivity index (χ1n) is 4.42. The lowest BCUT2D eigenvalue weighted by molar-refractivity contribution is 0.602. The molecule has 0 aliphatic rings. The highest BCUT2D eigenvalue weighted by Gasteiger charge is 2.12. The van der Waals surface area contributed by atoms with Crippen LogP contribution in [0.4, 0.5) is 0 Å². The van der Waals surface area contributed by atoms with Gasteiger partial charge in [-0.15, -0.1) is 5.10 Å². The molecule has 17 heavy (non-hydrogen) atoms. The van der Waals surface area contributed by atoms with Gasteiger partial charge in [-0.25, -0.2) is 8.42 Å². The number of guanidine groups is 1. The molecule has 0 radical (unpaired) electrons. The second kappa shape index (κ2) is 5.15. The molecule has 0 aromatic heterocycles. The number of hydrogen-bond donors (Lipinski definition) is 2. The number of rotatable bonds is 3. The van der Waals surface area contributed by atoms with E-state index in [4.69, 9.17) is 23.1 Å². The summed E-state index contributed by atoms with van der Waals surface area (Å²) in [5.41, 5.74) is 10.5. The summed E-state index contributed by atoms with van der Waals surface area (Å²) in [4.78, 5) is 0.0690. The lowest BCUT2D eigenvalue weighted by Crippen LogP contribution is -2.21. The number of nitrogens with zero attached hydrogens (tertiary/aromatic N) is 2. The zero-order valence-electron chi connectivity index (χ0n) is 8.96. The average molecular weight is 275 g/mol. The van der Waals surface area contributed by atoms with E-state index in [2.05, 4.69) is 10.2 Å². The van der Waals surface area contributed by atoms with Crippen LogP contribution in [0, 0.1) is 0 Å². The quantitative estimate of drug-likeness (QED) is 0.470. The molecule has 0 saturated heterocycles. The van der Waals surface area contributed by atoms with E-state index < -0.39 is 9.84 Å². The van der Waals surface area contributed by atoms with Crippen molar-refractivity contribution in [2.24, 2.45) is 21.7 Å². The molecule has 0 atom stereocenters. The van der Waals surface area contributed by atoms with Crippen molar-refractivity contribution in [1.29, 1.82) is 0 Å². The summed E-state index contributed by atoms with van der Waals surface area (Å²) in [6.07, 6.45) is 2.32. The summed E-state index contributed by atoms with van der Waals surface area (Å²) in [5, 5.41) is 7.25. The molecule has 8 heteroatoms. The summed E-state index contributed by atoms with van der Waals surface area (Å²) in [5.74, 6) is -0.212. The third-order valence-electron chi connectivity index (χ3n) is 1.75. The Hall–Kier alpha value is -1.60. The van der Waals surface area contributed by atoms with E-state index in [1.165, 1.54) is 18.3 Å². The van der Waals surface area contributed by atoms with Crippen molar-refractivity contribution in [2.75, 3.05) is 6.26 Å². The Morgan fingerprint density at radius 2 is 2.06 bits per heavy atom. The van der Waals surface area contributed by atoms with Crippen molar-refractivity contribution in [3.63, 3.8) is 0 Å². The monoisotopic (exact) mass is 274 g/mol. The zero-order chi connectivity index (χ0) is 13.1. The lowest BCUT2D eigenvalue weighted by Gasteiger charge is -2.03. The van der Waals surface area contributed by atoms with Gasteiger partial charge < -0.3 is 11.5 Å². The molecule has 1 aromatic rings. The second-order valence-corrected chi connectivity index (χ2v) is 5.64. The van der Waals surface area contributed by atoms with Gasteiger partial charge in [0.15, 0.2) is 9.84 Å². The fourth-order valence-electron chi connectivity index (χ4n) is 1.09. The first-order chi connectivity index (χ1) is 7.80. The van der Waals surface area contributed by atoms with Crippen LogP contribution in [0.25, 0.3) is 0 Å². The topological polar surface area (TPSA) is 111 Å². The van der Waals surface area contributed by atoms with E-state index in [0.29, 0.717) is 10.6 Å². The van der Waals surface area contributed by atoms with Gasteiger partial charge in [-0.3, -0.25) is 0 Å². The Kier molecular flexibility index (Phi) is 4.08. The van der Waals surface area contributed by atoms with Gasteiger partial charge in [-0.2, -0.15) is 5.10 Å². The van der Waals surface area contributed by atoms with Crippen molar-refractivity contribution in [3.8, 4) is 0 Å². The molecule has 4 N–H and O–H groups in total. The van der Waals surface area contributed by atoms with Gasteiger partial charge in [0.2, 0.25) is 5.96 Å². The fourth-order valence-corrected chi connectivity index (χ4v) is 2.22. The van der Waals surface area contributed by atoms with Gasteiger partial charge in [-0.1, -0.05) is 17.7 Å². The van der Waals surface area contributed by atoms with Gasteiger partial charge in [-0.05, 0) is 12.1 Å². The Morgan fingerprint density at radius 3 is 2.59 bits per heavy atom. The highest BCUT2D eigenvalue weighted by molar-refractivity contribution is 7.90. The molecule has 0 saturated carbocycles. The maximum Gasteiger partial charge on any atom is 0.211 e. The van der Waals surface area contributed by atoms with E-state index in [9.17, 15) is 8.42 Å². The predicted molar refractivity (Wildman–Crippen MR) is 68.0 cm³/mol. The van der Waals surface area contributed by atoms with Crippen molar-refractivity contribution in [2.45, 2.75) is 4.90 Å². The van der Waals surface area contributed by atoms with E-state index >= 15 is 0 Å². The molecule has 0 aliphatic carbocycles. The standard InChI is InChI=1S/C9H11ClN4O2S/c1-17(15,16)8-4-7(10)3-2-6(8)5-13-14-9(11)12/h2-5H,1H3,(H4,11,12,14). The largest absolute Gasteiger partial charge is 0.369 e. The Labute approximate surface area is 104 Å². The minimum atomic E-state index is -3.39. The van der Waals surface area contributed by atoms with E-state index in [0.717, 1.165) is 6.26 Å². The summed E-state index contributed by atoms with van der Waals surface area (Å²) in [6.45, 7) is 0. The lowest BCUT2D eigenvalue weighted by atomic mass is 10.2. The first kappa shape index (κ1) is 13.5. The van der Waals surface area contributed by atoms with E-state index in [1.54, 1.807) is 6.07 Å². The van der Waals surface area contributed by atoms with Gasteiger partial charge in [0.05, 0.1) is 11.1 Å². The van der Waals surface area contributed by atoms with Crippen molar-refractivity contribution in [1.82, 2.24) is 0 Å². The highest BCUT2D eigenvalue weighted by atomic mass is 35.5. The van der Waals surface area contributed by atoms with Crippen LogP contribution in [0.2, 0.25) is 5.02 Å². The molecule has 0 fully saturated rings. The zero-order valence-corrected chi connectivity index (χ0v) is 10.5. The Balaban J connectivity index is 3.26. The summed E-state index contributed by atoms with van der Waals surface area (Å²) in [7, 11) is -3.39. The minimum Gasteiger partial charge on any atom is -0.369 e. The molecule has 0 spiro atoms. The number of halogens is 1. The second-order valence-electron chi connectivity index (χ2n) is 3.22. The third-order valence-corrected chi connectivity index (χ3v) is 3.13. The summed E-state index contributed by atoms with van der Waals surface area (Å²) < 4.78 is 23.0. The van der Waals surface area contributed by atoms with Gasteiger partial charge in [0.25, 0.3) is 0 Å². The van der Waals surface area contributed by atoms with Crippen molar-refractivity contribution < 1.29 is 8.42 Å². The number of nitrogens with two attached hydrogens (primary N) is 2. The van der Waals surface area contributed by atoms with Crippen LogP contribution >= 0.6 is 11.6 Å². The maximum atomic E-state index is 11.5. The molecule has 6 nitrogen and oxygen atoms in total. The normalized spacial score (nSPS) is 11.6. The van der Waals surface area contributed by atoms with Crippen LogP contribution in [-0.2, 0) is 9.84 Å². The maximum absolute atomic E-state index is 11.5. The molecule has 1 rings (SSSR count). The first-order valence-corrected chi connectivity index (χ1v) is 6.69. The Bertz CT molecular complexity index is 577. The van der Waals surface area contributed by atoms with Crippen LogP contribution in [0.1, 0.15) is 5.56 Å². The van der Waals surface area contributed by atoms with Crippen LogP contribution < -0.4 is 11.5 Å². The molecular formula is C9H11ClN4O2S. The highest BCUT2D eigenvalue weighted by Crippen LogP contribution is 2.19. The Morgan fingerprint density at radius 1 is 1.41 bits per heavy atom. The van der Waals surface area contributed by atoms with Crippen molar-refractivity contribution in [3.05, 3.63) is 28.8 Å². The van der Waals surface area contributed by atoms with Gasteiger partial charge >= 0.3 is 0 Å². The molecule has 0 amide bonds. The number of sulfone groups is 1. The van der Waals surface area contributed by atoms with Crippen LogP contribution in [0.5, 0.6) is 0 Å². The molecule has 0 aliphatic heterocycles. The number of hydrogen-bond acceptors (Lipinski definition) is 4. The summed E-state index contributed by atoms with van der Waals surface area (Å²) in [6, 6.07) is 4.41. The molecular weight excluding hydrogens is 264 g/mol. The molecule has 92 valence electrons. The van der Waals surface area contributed by atoms with Crippen LogP contribution in [0.3, 0.4) is 0 Å². The van der Waals surface area contributed by atoms with Gasteiger partial charge in [0.1, 0.15) is 0 Å². The van der Waals surface area contributed by atoms with Crippen LogP contribution in [0.15, 0.2) is 33.3 Å². The molecule has 0 unspecified atom stereocenters. The summed E-state index contributed by atoms with van der Waals surface area (Å²) >= 11 is 5.73. The SMILES string of the molecule is CS(=O)(=O)c1cc(Cl)ccc1C=NN=C(N)N. The third kappa shape index (κ3) is 4.04. The van der Waals surface area contributed by atoms with Crippen molar-refractivity contribution >= 4 is 33.6 Å². The van der Waals surface area contributed by atoms with E-state index in [-0.39, 0.29) is 10.9 Å². The smallest absolute Gasteiger partial charge is 0.211 e. The number of benzene rings is 1. The molecule has 1 aromatic carbocycles. The predicted octanol–water partition coefficient (Wildman–Crippen LogP) is 0.351. The van der Waals surface area contributed by atoms with Crippen LogP contribution in [-0.4, -0.2) is 26.8 Å². The molecule has 0 heterocycles. The minimum absolute atomic E-state index is 0.0690.